The largest absolute Gasteiger partial charge is 0.508 e. The first-order valence-electron chi connectivity index (χ1n) is 11.5. The predicted octanol–water partition coefficient (Wildman–Crippen LogP) is 3.27. The summed E-state index contributed by atoms with van der Waals surface area (Å²) in [4.78, 5) is 28.1. The molecule has 3 heterocycles. The Morgan fingerprint density at radius 2 is 1.31 bits per heavy atom. The van der Waals surface area contributed by atoms with Crippen molar-refractivity contribution in [2.24, 2.45) is 15.0 Å². The Balaban J connectivity index is 1.74. The Kier molecular flexibility index (Phi) is 5.24. The van der Waals surface area contributed by atoms with Gasteiger partial charge in [-0.2, -0.15) is 0 Å². The molecule has 10 nitrogen and oxygen atoms in total. The van der Waals surface area contributed by atoms with Gasteiger partial charge in [0.25, 0.3) is 5.91 Å². The fourth-order valence-electron chi connectivity index (χ4n) is 4.08. The number of carbonyl (C=O) groups is 1. The first-order chi connectivity index (χ1) is 15.9. The van der Waals surface area contributed by atoms with Gasteiger partial charge in [-0.05, 0) is 85.2 Å². The highest BCUT2D eigenvalue weighted by molar-refractivity contribution is 6.46. The summed E-state index contributed by atoms with van der Waals surface area (Å²) in [6.45, 7) is 15.2. The second-order valence-corrected chi connectivity index (χ2v) is 11.4. The third kappa shape index (κ3) is 3.54. The average Bonchev–Trinajstić information content (AvgIpc) is 3.17. The molecule has 0 radical (unpaired) electrons. The van der Waals surface area contributed by atoms with Crippen molar-refractivity contribution < 1.29 is 20.3 Å². The van der Waals surface area contributed by atoms with Crippen molar-refractivity contribution in [2.75, 3.05) is 7.05 Å². The van der Waals surface area contributed by atoms with E-state index < -0.39 is 22.2 Å². The van der Waals surface area contributed by atoms with Gasteiger partial charge in [0, 0.05) is 12.6 Å². The van der Waals surface area contributed by atoms with E-state index in [-0.39, 0.29) is 29.0 Å². The van der Waals surface area contributed by atoms with Crippen LogP contribution in [0.4, 0.5) is 0 Å². The Bertz CT molecular complexity index is 1240. The summed E-state index contributed by atoms with van der Waals surface area (Å²) in [5, 5.41) is 34.1. The molecule has 3 aliphatic heterocycles. The van der Waals surface area contributed by atoms with Gasteiger partial charge in [0.05, 0.1) is 22.2 Å². The van der Waals surface area contributed by atoms with Crippen LogP contribution in [0.5, 0.6) is 5.75 Å². The second kappa shape index (κ2) is 7.38. The minimum absolute atomic E-state index is 0.0406. The molecule has 0 unspecified atom stereocenters. The van der Waals surface area contributed by atoms with Gasteiger partial charge in [-0.25, -0.2) is 15.1 Å². The molecule has 0 spiro atoms. The smallest absolute Gasteiger partial charge is 0.277 e. The quantitative estimate of drug-likeness (QED) is 0.568. The van der Waals surface area contributed by atoms with Gasteiger partial charge in [-0.15, -0.1) is 0 Å². The maximum absolute atomic E-state index is 13.0. The van der Waals surface area contributed by atoms with Gasteiger partial charge in [-0.3, -0.25) is 30.1 Å². The van der Waals surface area contributed by atoms with Gasteiger partial charge >= 0.3 is 0 Å². The number of benzene rings is 1. The molecule has 1 aromatic rings. The zero-order valence-electron chi connectivity index (χ0n) is 21.7. The van der Waals surface area contributed by atoms with Crippen LogP contribution in [-0.4, -0.2) is 83.2 Å². The predicted molar refractivity (Wildman–Crippen MR) is 134 cm³/mol. The van der Waals surface area contributed by atoms with Crippen LogP contribution in [0.2, 0.25) is 0 Å². The number of hydroxylamine groups is 4. The van der Waals surface area contributed by atoms with E-state index in [1.54, 1.807) is 19.2 Å². The number of amidine groups is 3. The number of nitrogens with zero attached hydrogens (tertiary/aromatic N) is 6. The minimum atomic E-state index is -0.693. The van der Waals surface area contributed by atoms with Crippen molar-refractivity contribution in [3.05, 3.63) is 35.0 Å². The van der Waals surface area contributed by atoms with E-state index in [1.807, 2.05) is 55.4 Å². The summed E-state index contributed by atoms with van der Waals surface area (Å²) < 4.78 is 0. The lowest BCUT2D eigenvalue weighted by molar-refractivity contribution is -0.121. The molecule has 3 aliphatic rings. The Labute approximate surface area is 205 Å². The lowest BCUT2D eigenvalue weighted by atomic mass is 9.84. The highest BCUT2D eigenvalue weighted by Crippen LogP contribution is 2.39. The second-order valence-electron chi connectivity index (χ2n) is 11.4. The van der Waals surface area contributed by atoms with E-state index in [0.717, 1.165) is 10.1 Å². The number of carbonyl (C=O) groups excluding carboxylic acids is 1. The lowest BCUT2D eigenvalue weighted by Crippen LogP contribution is -2.53. The van der Waals surface area contributed by atoms with Crippen LogP contribution >= 0.6 is 0 Å². The molecular formula is C25H34N6O4. The highest BCUT2D eigenvalue weighted by Gasteiger charge is 2.52. The fraction of sp³-hybridized carbons (Fsp3) is 0.520. The molecule has 1 aromatic carbocycles. The standard InChI is InChI=1S/C25H34N6O4/c1-22(2)24(5,6)30(34)18(27-22)15-10-14(11-16(32)13-15)12-17-21(33)29(9)19(26-17)20-28-23(3,4)25(7,8)31(20)35/h10-13,32,34-35H,1-9H3/b17-12+. The molecule has 10 heteroatoms. The van der Waals surface area contributed by atoms with E-state index in [4.69, 9.17) is 0 Å². The third-order valence-electron chi connectivity index (χ3n) is 8.00. The molecule has 0 saturated carbocycles. The highest BCUT2D eigenvalue weighted by atomic mass is 16.5. The van der Waals surface area contributed by atoms with Gasteiger partial charge in [-0.1, -0.05) is 0 Å². The van der Waals surface area contributed by atoms with E-state index in [2.05, 4.69) is 15.0 Å². The summed E-state index contributed by atoms with van der Waals surface area (Å²) in [7, 11) is 1.58. The van der Waals surface area contributed by atoms with Crippen LogP contribution < -0.4 is 0 Å². The molecule has 1 amide bonds. The first-order valence-corrected chi connectivity index (χ1v) is 11.5. The summed E-state index contributed by atoms with van der Waals surface area (Å²) in [6, 6.07) is 4.74. The monoisotopic (exact) mass is 482 g/mol. The van der Waals surface area contributed by atoms with Gasteiger partial charge < -0.3 is 5.11 Å². The molecule has 0 aliphatic carbocycles. The number of amides is 1. The fourth-order valence-corrected chi connectivity index (χ4v) is 4.08. The van der Waals surface area contributed by atoms with Gasteiger partial charge in [0.2, 0.25) is 0 Å². The Hall–Kier alpha value is -3.24. The van der Waals surface area contributed by atoms with Crippen LogP contribution in [0.1, 0.15) is 66.5 Å². The maximum atomic E-state index is 13.0. The zero-order chi connectivity index (χ0) is 26.3. The van der Waals surface area contributed by atoms with Crippen molar-refractivity contribution in [1.29, 1.82) is 0 Å². The van der Waals surface area contributed by atoms with Crippen molar-refractivity contribution in [2.45, 2.75) is 77.5 Å². The number of likely N-dealkylation sites (N-methyl/N-ethyl adjacent to an activating group) is 1. The Morgan fingerprint density at radius 1 is 0.800 bits per heavy atom. The number of aromatic hydroxyl groups is 1. The Morgan fingerprint density at radius 3 is 1.80 bits per heavy atom. The molecule has 188 valence electrons. The average molecular weight is 483 g/mol. The van der Waals surface area contributed by atoms with Crippen molar-refractivity contribution in [1.82, 2.24) is 15.0 Å². The van der Waals surface area contributed by atoms with E-state index in [9.17, 15) is 20.3 Å². The topological polar surface area (TPSA) is 125 Å². The number of hydrogen-bond acceptors (Lipinski definition) is 9. The van der Waals surface area contributed by atoms with E-state index >= 15 is 0 Å². The van der Waals surface area contributed by atoms with E-state index in [0.29, 0.717) is 17.0 Å². The first kappa shape index (κ1) is 24.9. The van der Waals surface area contributed by atoms with Crippen LogP contribution in [0.15, 0.2) is 38.9 Å². The maximum Gasteiger partial charge on any atom is 0.277 e. The summed E-state index contributed by atoms with van der Waals surface area (Å²) in [5.41, 5.74) is -1.37. The normalized spacial score (nSPS) is 25.3. The van der Waals surface area contributed by atoms with Crippen LogP contribution in [0, 0.1) is 0 Å². The molecule has 0 fully saturated rings. The molecule has 0 atom stereocenters. The number of phenols is 1. The molecule has 0 aromatic heterocycles. The van der Waals surface area contributed by atoms with Crippen LogP contribution in [-0.2, 0) is 4.79 Å². The van der Waals surface area contributed by atoms with Gasteiger partial charge in [0.1, 0.15) is 11.4 Å². The zero-order valence-corrected chi connectivity index (χ0v) is 21.7. The van der Waals surface area contributed by atoms with Crippen LogP contribution in [0.25, 0.3) is 6.08 Å². The van der Waals surface area contributed by atoms with Crippen LogP contribution in [0.3, 0.4) is 0 Å². The molecule has 3 N–H and O–H groups in total. The van der Waals surface area contributed by atoms with Crippen molar-refractivity contribution >= 4 is 29.5 Å². The molecule has 4 rings (SSSR count). The van der Waals surface area contributed by atoms with E-state index in [1.165, 1.54) is 17.0 Å². The minimum Gasteiger partial charge on any atom is -0.508 e. The SMILES string of the molecule is CN1C(=O)/C(=C\c2cc(O)cc(C3=NC(C)(C)C(C)(C)N3O)c2)N=C1C1=NC(C)(C)C(C)(C)N1O. The van der Waals surface area contributed by atoms with Gasteiger partial charge in [0.15, 0.2) is 17.5 Å². The summed E-state index contributed by atoms with van der Waals surface area (Å²) in [6.07, 6.45) is 1.55. The van der Waals surface area contributed by atoms with Crippen molar-refractivity contribution in [3.8, 4) is 5.75 Å². The van der Waals surface area contributed by atoms with Crippen molar-refractivity contribution in [3.63, 3.8) is 0 Å². The molecule has 0 saturated heterocycles. The number of aliphatic imine (C=N–C) groups is 3. The molecule has 35 heavy (non-hydrogen) atoms. The molecular weight excluding hydrogens is 448 g/mol. The number of phenolic OH excluding ortho intramolecular Hbond substituents is 1. The third-order valence-corrected chi connectivity index (χ3v) is 8.00. The lowest BCUT2D eigenvalue weighted by Gasteiger charge is -2.36. The summed E-state index contributed by atoms with van der Waals surface area (Å²) in [5.74, 6) is 0.383. The summed E-state index contributed by atoms with van der Waals surface area (Å²) >= 11 is 0. The molecule has 0 bridgehead atoms. The number of hydrogen-bond donors (Lipinski definition) is 3. The number of rotatable bonds is 3.